The smallest absolute Gasteiger partial charge is 0.249 e. The number of carbonyl (C=O) groups excluding carboxylic acids is 3. The second-order valence-electron chi connectivity index (χ2n) is 8.67. The van der Waals surface area contributed by atoms with E-state index in [-0.39, 0.29) is 18.2 Å². The van der Waals surface area contributed by atoms with Gasteiger partial charge in [-0.25, -0.2) is 4.98 Å². The number of anilines is 2. The van der Waals surface area contributed by atoms with Crippen LogP contribution in [0.4, 0.5) is 11.5 Å². The van der Waals surface area contributed by atoms with Gasteiger partial charge in [0.2, 0.25) is 17.7 Å². The Labute approximate surface area is 207 Å². The molecule has 8 heteroatoms. The van der Waals surface area contributed by atoms with Gasteiger partial charge in [-0.2, -0.15) is 0 Å². The Morgan fingerprint density at radius 2 is 1.83 bits per heavy atom. The lowest BCUT2D eigenvalue weighted by atomic mass is 10.0. The standard InChI is InChI=1S/C28H25N5O3/c29-27(36)23(19-5-2-1-3-6-19)16-20-17-30-28-22(20)12-13-24(32-28)31-25(34)15-18-8-10-21(11-9-18)33-14-4-7-26(33)35/h1-3,5-6,8-13,16-17H,4,7,14-15H2,(H2,29,36)(H2,30,31,32,34)/b23-16+. The van der Waals surface area contributed by atoms with E-state index in [1.54, 1.807) is 23.2 Å². The van der Waals surface area contributed by atoms with Crippen molar-refractivity contribution in [1.29, 1.82) is 0 Å². The van der Waals surface area contributed by atoms with Crippen LogP contribution in [0.15, 0.2) is 72.9 Å². The molecule has 5 rings (SSSR count). The van der Waals surface area contributed by atoms with E-state index in [2.05, 4.69) is 15.3 Å². The zero-order chi connectivity index (χ0) is 25.1. The molecular formula is C28H25N5O3. The molecule has 0 aliphatic carbocycles. The van der Waals surface area contributed by atoms with Crippen LogP contribution in [0.3, 0.4) is 0 Å². The summed E-state index contributed by atoms with van der Waals surface area (Å²) in [7, 11) is 0. The number of nitrogens with zero attached hydrogens (tertiary/aromatic N) is 2. The predicted molar refractivity (Wildman–Crippen MR) is 140 cm³/mol. The maximum Gasteiger partial charge on any atom is 0.249 e. The van der Waals surface area contributed by atoms with Crippen LogP contribution < -0.4 is 16.0 Å². The number of primary amides is 1. The van der Waals surface area contributed by atoms with Crippen LogP contribution in [-0.2, 0) is 20.8 Å². The van der Waals surface area contributed by atoms with Gasteiger partial charge in [-0.1, -0.05) is 42.5 Å². The van der Waals surface area contributed by atoms with Crippen molar-refractivity contribution < 1.29 is 14.4 Å². The number of rotatable bonds is 7. The van der Waals surface area contributed by atoms with Gasteiger partial charge < -0.3 is 20.9 Å². The highest BCUT2D eigenvalue weighted by Crippen LogP contribution is 2.25. The van der Waals surface area contributed by atoms with Crippen LogP contribution in [0.5, 0.6) is 0 Å². The number of aromatic amines is 1. The van der Waals surface area contributed by atoms with Crippen molar-refractivity contribution in [3.8, 4) is 0 Å². The molecule has 0 atom stereocenters. The van der Waals surface area contributed by atoms with Crippen molar-refractivity contribution in [2.75, 3.05) is 16.8 Å². The third-order valence-electron chi connectivity index (χ3n) is 6.17. The SMILES string of the molecule is NC(=O)/C(=C/c1c[nH]c2nc(NC(=O)Cc3ccc(N4CCCC4=O)cc3)ccc12)c1ccccc1. The summed E-state index contributed by atoms with van der Waals surface area (Å²) in [6.45, 7) is 0.735. The number of aromatic nitrogens is 2. The molecule has 1 saturated heterocycles. The van der Waals surface area contributed by atoms with Gasteiger partial charge in [0.15, 0.2) is 0 Å². The van der Waals surface area contributed by atoms with Gasteiger partial charge in [0.1, 0.15) is 11.5 Å². The van der Waals surface area contributed by atoms with Crippen molar-refractivity contribution in [1.82, 2.24) is 9.97 Å². The average Bonchev–Trinajstić information content (AvgIpc) is 3.49. The van der Waals surface area contributed by atoms with Gasteiger partial charge in [0.05, 0.1) is 6.42 Å². The van der Waals surface area contributed by atoms with Crippen molar-refractivity contribution in [2.24, 2.45) is 5.73 Å². The van der Waals surface area contributed by atoms with Crippen LogP contribution >= 0.6 is 0 Å². The maximum atomic E-state index is 12.6. The number of hydrogen-bond donors (Lipinski definition) is 3. The zero-order valence-electron chi connectivity index (χ0n) is 19.5. The Hall–Kier alpha value is -4.72. The second-order valence-corrected chi connectivity index (χ2v) is 8.67. The summed E-state index contributed by atoms with van der Waals surface area (Å²) in [5.74, 6) is -0.163. The first kappa shape index (κ1) is 23.0. The van der Waals surface area contributed by atoms with E-state index in [0.29, 0.717) is 23.5 Å². The summed E-state index contributed by atoms with van der Waals surface area (Å²) in [5.41, 5.74) is 9.80. The summed E-state index contributed by atoms with van der Waals surface area (Å²) in [4.78, 5) is 45.9. The Morgan fingerprint density at radius 1 is 1.06 bits per heavy atom. The number of benzene rings is 2. The van der Waals surface area contributed by atoms with Crippen LogP contribution in [0.2, 0.25) is 0 Å². The van der Waals surface area contributed by atoms with Crippen molar-refractivity contribution in [3.63, 3.8) is 0 Å². The van der Waals surface area contributed by atoms with Gasteiger partial charge in [-0.3, -0.25) is 14.4 Å². The molecule has 3 amide bonds. The van der Waals surface area contributed by atoms with Crippen molar-refractivity contribution in [3.05, 3.63) is 89.6 Å². The molecule has 4 N–H and O–H groups in total. The van der Waals surface area contributed by atoms with Crippen molar-refractivity contribution in [2.45, 2.75) is 19.3 Å². The number of H-pyrrole nitrogens is 1. The molecule has 1 aliphatic rings. The number of nitrogens with two attached hydrogens (primary N) is 1. The third kappa shape index (κ3) is 4.88. The summed E-state index contributed by atoms with van der Waals surface area (Å²) < 4.78 is 0. The molecule has 2 aromatic carbocycles. The molecular weight excluding hydrogens is 454 g/mol. The zero-order valence-corrected chi connectivity index (χ0v) is 19.5. The maximum absolute atomic E-state index is 12.6. The first-order chi connectivity index (χ1) is 17.5. The van der Waals surface area contributed by atoms with E-state index >= 15 is 0 Å². The quantitative estimate of drug-likeness (QED) is 0.348. The predicted octanol–water partition coefficient (Wildman–Crippen LogP) is 3.90. The highest BCUT2D eigenvalue weighted by molar-refractivity contribution is 6.24. The molecule has 0 radical (unpaired) electrons. The molecule has 0 bridgehead atoms. The molecule has 0 unspecified atom stereocenters. The lowest BCUT2D eigenvalue weighted by Crippen LogP contribution is -2.23. The fourth-order valence-electron chi connectivity index (χ4n) is 4.37. The first-order valence-electron chi connectivity index (χ1n) is 11.7. The van der Waals surface area contributed by atoms with Crippen LogP contribution in [0.25, 0.3) is 22.7 Å². The molecule has 4 aromatic rings. The first-order valence-corrected chi connectivity index (χ1v) is 11.7. The normalized spacial score (nSPS) is 13.8. The molecule has 1 fully saturated rings. The molecule has 0 spiro atoms. The Kier molecular flexibility index (Phi) is 6.32. The van der Waals surface area contributed by atoms with Crippen LogP contribution in [0, 0.1) is 0 Å². The summed E-state index contributed by atoms with van der Waals surface area (Å²) in [6.07, 6.45) is 5.13. The van der Waals surface area contributed by atoms with Gasteiger partial charge in [0, 0.05) is 41.4 Å². The molecule has 0 saturated carbocycles. The number of hydrogen-bond acceptors (Lipinski definition) is 4. The molecule has 8 nitrogen and oxygen atoms in total. The van der Waals surface area contributed by atoms with Crippen molar-refractivity contribution >= 4 is 51.9 Å². The summed E-state index contributed by atoms with van der Waals surface area (Å²) >= 11 is 0. The highest BCUT2D eigenvalue weighted by atomic mass is 16.2. The minimum atomic E-state index is -0.521. The van der Waals surface area contributed by atoms with E-state index in [1.165, 1.54) is 0 Å². The number of pyridine rings is 1. The lowest BCUT2D eigenvalue weighted by Gasteiger charge is -2.15. The number of amides is 3. The van der Waals surface area contributed by atoms with E-state index in [4.69, 9.17) is 5.73 Å². The topological polar surface area (TPSA) is 121 Å². The van der Waals surface area contributed by atoms with E-state index in [0.717, 1.165) is 40.7 Å². The fraction of sp³-hybridized carbons (Fsp3) is 0.143. The second kappa shape index (κ2) is 9.87. The summed E-state index contributed by atoms with van der Waals surface area (Å²) in [6, 6.07) is 20.3. The van der Waals surface area contributed by atoms with E-state index in [1.807, 2.05) is 60.7 Å². The highest BCUT2D eigenvalue weighted by Gasteiger charge is 2.21. The third-order valence-corrected chi connectivity index (χ3v) is 6.17. The van der Waals surface area contributed by atoms with Crippen LogP contribution in [0.1, 0.15) is 29.5 Å². The average molecular weight is 480 g/mol. The number of nitrogens with one attached hydrogen (secondary N) is 2. The number of fused-ring (bicyclic) bond motifs is 1. The molecule has 3 heterocycles. The Bertz CT molecular complexity index is 1470. The summed E-state index contributed by atoms with van der Waals surface area (Å²) in [5, 5.41) is 3.63. The Balaban J connectivity index is 1.28. The van der Waals surface area contributed by atoms with Gasteiger partial charge in [-0.15, -0.1) is 0 Å². The molecule has 36 heavy (non-hydrogen) atoms. The molecule has 1 aliphatic heterocycles. The monoisotopic (exact) mass is 479 g/mol. The number of carbonyl (C=O) groups is 3. The minimum Gasteiger partial charge on any atom is -0.366 e. The van der Waals surface area contributed by atoms with E-state index in [9.17, 15) is 14.4 Å². The van der Waals surface area contributed by atoms with E-state index < -0.39 is 5.91 Å². The minimum absolute atomic E-state index is 0.135. The Morgan fingerprint density at radius 3 is 2.53 bits per heavy atom. The molecule has 2 aromatic heterocycles. The van der Waals surface area contributed by atoms with Gasteiger partial charge >= 0.3 is 0 Å². The molecule has 180 valence electrons. The lowest BCUT2D eigenvalue weighted by molar-refractivity contribution is -0.117. The fourth-order valence-corrected chi connectivity index (χ4v) is 4.37. The van der Waals surface area contributed by atoms with Crippen LogP contribution in [-0.4, -0.2) is 34.2 Å². The largest absolute Gasteiger partial charge is 0.366 e. The van der Waals surface area contributed by atoms with Gasteiger partial charge in [0.25, 0.3) is 0 Å². The van der Waals surface area contributed by atoms with Gasteiger partial charge in [-0.05, 0) is 47.9 Å².